The summed E-state index contributed by atoms with van der Waals surface area (Å²) < 4.78 is 13.2. The van der Waals surface area contributed by atoms with Crippen LogP contribution in [-0.2, 0) is 0 Å². The molecule has 0 bridgehead atoms. The van der Waals surface area contributed by atoms with Crippen LogP contribution in [0.1, 0.15) is 35.1 Å². The zero-order valence-corrected chi connectivity index (χ0v) is 13.2. The van der Waals surface area contributed by atoms with Gasteiger partial charge in [0, 0.05) is 23.7 Å². The normalized spacial score (nSPS) is 24.2. The molecule has 3 unspecified atom stereocenters. The maximum atomic E-state index is 13.2. The van der Waals surface area contributed by atoms with Gasteiger partial charge in [-0.25, -0.2) is 4.39 Å². The molecule has 1 heterocycles. The van der Waals surface area contributed by atoms with E-state index in [9.17, 15) is 14.5 Å². The van der Waals surface area contributed by atoms with Crippen molar-refractivity contribution in [2.45, 2.75) is 25.3 Å². The molecule has 5 heteroatoms. The molecule has 122 valence electrons. The van der Waals surface area contributed by atoms with E-state index in [0.717, 1.165) is 28.8 Å². The fourth-order valence-corrected chi connectivity index (χ4v) is 3.97. The second kappa shape index (κ2) is 5.44. The number of nitrogens with zero attached hydrogens (tertiary/aromatic N) is 1. The summed E-state index contributed by atoms with van der Waals surface area (Å²) in [6, 6.07) is 9.94. The standard InChI is InChI=1S/C19H17FN2O2/c1-11-9-14(22(23)24)10-17-15-3-2-4-16(15)19(21-18(11)17)12-5-7-13(20)8-6-12/h2-3,5-10,15-16,19,21H,4H2,1H3. The largest absolute Gasteiger partial charge is 0.377 e. The van der Waals surface area contributed by atoms with Crippen LogP contribution in [0, 0.1) is 28.8 Å². The highest BCUT2D eigenvalue weighted by Crippen LogP contribution is 2.51. The van der Waals surface area contributed by atoms with Crippen LogP contribution >= 0.6 is 0 Å². The second-order valence-corrected chi connectivity index (χ2v) is 6.51. The molecule has 2 aromatic rings. The Labute approximate surface area is 139 Å². The highest BCUT2D eigenvalue weighted by Gasteiger charge is 2.39. The Hall–Kier alpha value is -2.69. The van der Waals surface area contributed by atoms with E-state index in [4.69, 9.17) is 0 Å². The van der Waals surface area contributed by atoms with Crippen molar-refractivity contribution in [3.05, 3.63) is 81.2 Å². The van der Waals surface area contributed by atoms with Gasteiger partial charge in [-0.15, -0.1) is 0 Å². The van der Waals surface area contributed by atoms with Gasteiger partial charge in [-0.2, -0.15) is 0 Å². The van der Waals surface area contributed by atoms with E-state index in [1.165, 1.54) is 12.1 Å². The van der Waals surface area contributed by atoms with E-state index in [1.54, 1.807) is 12.1 Å². The van der Waals surface area contributed by atoms with E-state index in [-0.39, 0.29) is 34.3 Å². The molecule has 4 rings (SSSR count). The van der Waals surface area contributed by atoms with E-state index in [0.29, 0.717) is 0 Å². The number of hydrogen-bond acceptors (Lipinski definition) is 3. The molecule has 0 saturated heterocycles. The Morgan fingerprint density at radius 1 is 1.25 bits per heavy atom. The predicted octanol–water partition coefficient (Wildman–Crippen LogP) is 4.87. The minimum atomic E-state index is -0.340. The topological polar surface area (TPSA) is 55.2 Å². The van der Waals surface area contributed by atoms with Crippen molar-refractivity contribution in [1.82, 2.24) is 0 Å². The zero-order chi connectivity index (χ0) is 16.8. The minimum absolute atomic E-state index is 0.0678. The van der Waals surface area contributed by atoms with Crippen LogP contribution in [0.4, 0.5) is 15.8 Å². The third-order valence-electron chi connectivity index (χ3n) is 5.09. The van der Waals surface area contributed by atoms with Crippen LogP contribution in [0.2, 0.25) is 0 Å². The molecule has 4 nitrogen and oxygen atoms in total. The number of hydrogen-bond donors (Lipinski definition) is 1. The number of halogens is 1. The number of anilines is 1. The van der Waals surface area contributed by atoms with Gasteiger partial charge in [0.2, 0.25) is 0 Å². The third kappa shape index (κ3) is 2.28. The molecule has 1 aliphatic carbocycles. The Bertz CT molecular complexity index is 845. The summed E-state index contributed by atoms with van der Waals surface area (Å²) in [7, 11) is 0. The summed E-state index contributed by atoms with van der Waals surface area (Å²) in [6.07, 6.45) is 5.18. The SMILES string of the molecule is Cc1cc([N+](=O)[O-])cc2c1NC(c1ccc(F)cc1)C1CC=CC21. The van der Waals surface area contributed by atoms with Crippen LogP contribution < -0.4 is 5.32 Å². The van der Waals surface area contributed by atoms with Crippen molar-refractivity contribution in [2.75, 3.05) is 5.32 Å². The molecule has 0 aromatic heterocycles. The number of aryl methyl sites for hydroxylation is 1. The van der Waals surface area contributed by atoms with Crippen molar-refractivity contribution in [2.24, 2.45) is 5.92 Å². The van der Waals surface area contributed by atoms with Crippen LogP contribution in [0.3, 0.4) is 0 Å². The average Bonchev–Trinajstić information content (AvgIpc) is 3.05. The molecule has 0 spiro atoms. The molecule has 24 heavy (non-hydrogen) atoms. The lowest BCUT2D eigenvalue weighted by molar-refractivity contribution is -0.385. The predicted molar refractivity (Wildman–Crippen MR) is 90.6 cm³/mol. The molecule has 0 radical (unpaired) electrons. The van der Waals surface area contributed by atoms with E-state index in [1.807, 2.05) is 19.1 Å². The Balaban J connectivity index is 1.82. The van der Waals surface area contributed by atoms with Crippen LogP contribution in [-0.4, -0.2) is 4.92 Å². The van der Waals surface area contributed by atoms with Gasteiger partial charge in [-0.3, -0.25) is 10.1 Å². The fraction of sp³-hybridized carbons (Fsp3) is 0.263. The second-order valence-electron chi connectivity index (χ2n) is 6.51. The van der Waals surface area contributed by atoms with Crippen LogP contribution in [0.5, 0.6) is 0 Å². The lowest BCUT2D eigenvalue weighted by atomic mass is 9.76. The number of nitrogens with one attached hydrogen (secondary N) is 1. The van der Waals surface area contributed by atoms with Crippen molar-refractivity contribution in [1.29, 1.82) is 0 Å². The van der Waals surface area contributed by atoms with Gasteiger partial charge in [0.25, 0.3) is 5.69 Å². The number of nitro groups is 1. The molecule has 1 aliphatic heterocycles. The van der Waals surface area contributed by atoms with Crippen molar-refractivity contribution in [3.8, 4) is 0 Å². The smallest absolute Gasteiger partial charge is 0.270 e. The molecule has 1 N–H and O–H groups in total. The molecule has 0 fully saturated rings. The monoisotopic (exact) mass is 324 g/mol. The van der Waals surface area contributed by atoms with Crippen molar-refractivity contribution in [3.63, 3.8) is 0 Å². The molecule has 0 amide bonds. The number of rotatable bonds is 2. The average molecular weight is 324 g/mol. The molecular formula is C19H17FN2O2. The quantitative estimate of drug-likeness (QED) is 0.487. The van der Waals surface area contributed by atoms with Gasteiger partial charge < -0.3 is 5.32 Å². The lowest BCUT2D eigenvalue weighted by Crippen LogP contribution is -2.29. The summed E-state index contributed by atoms with van der Waals surface area (Å²) in [6.45, 7) is 1.89. The van der Waals surface area contributed by atoms with Crippen molar-refractivity contribution >= 4 is 11.4 Å². The van der Waals surface area contributed by atoms with Gasteiger partial charge in [-0.05, 0) is 48.1 Å². The molecule has 2 aromatic carbocycles. The van der Waals surface area contributed by atoms with E-state index < -0.39 is 0 Å². The Morgan fingerprint density at radius 2 is 2.00 bits per heavy atom. The fourth-order valence-electron chi connectivity index (χ4n) is 3.97. The first kappa shape index (κ1) is 14.9. The number of non-ortho nitro benzene ring substituents is 1. The first-order valence-electron chi connectivity index (χ1n) is 8.02. The Kier molecular flexibility index (Phi) is 3.37. The summed E-state index contributed by atoms with van der Waals surface area (Å²) in [5.74, 6) is 0.183. The highest BCUT2D eigenvalue weighted by atomic mass is 19.1. The number of fused-ring (bicyclic) bond motifs is 3. The van der Waals surface area contributed by atoms with Gasteiger partial charge in [0.1, 0.15) is 5.82 Å². The van der Waals surface area contributed by atoms with Crippen LogP contribution in [0.25, 0.3) is 0 Å². The zero-order valence-electron chi connectivity index (χ0n) is 13.2. The molecular weight excluding hydrogens is 307 g/mol. The summed E-state index contributed by atoms with van der Waals surface area (Å²) in [4.78, 5) is 10.8. The summed E-state index contributed by atoms with van der Waals surface area (Å²) in [5.41, 5.74) is 3.98. The maximum absolute atomic E-state index is 13.2. The maximum Gasteiger partial charge on any atom is 0.270 e. The summed E-state index contributed by atoms with van der Waals surface area (Å²) >= 11 is 0. The highest BCUT2D eigenvalue weighted by molar-refractivity contribution is 5.67. The third-order valence-corrected chi connectivity index (χ3v) is 5.09. The number of nitro benzene ring substituents is 1. The first-order chi connectivity index (χ1) is 11.5. The van der Waals surface area contributed by atoms with Gasteiger partial charge in [-0.1, -0.05) is 24.3 Å². The summed E-state index contributed by atoms with van der Waals surface area (Å²) in [5, 5.41) is 14.7. The number of benzene rings is 2. The number of allylic oxidation sites excluding steroid dienone is 2. The van der Waals surface area contributed by atoms with E-state index in [2.05, 4.69) is 17.5 Å². The first-order valence-corrected chi connectivity index (χ1v) is 8.02. The molecule has 0 saturated carbocycles. The molecule has 2 aliphatic rings. The minimum Gasteiger partial charge on any atom is -0.377 e. The molecule has 3 atom stereocenters. The Morgan fingerprint density at radius 3 is 2.71 bits per heavy atom. The van der Waals surface area contributed by atoms with Gasteiger partial charge in [0.15, 0.2) is 0 Å². The van der Waals surface area contributed by atoms with Crippen LogP contribution in [0.15, 0.2) is 48.6 Å². The lowest BCUT2D eigenvalue weighted by Gasteiger charge is -2.38. The van der Waals surface area contributed by atoms with Gasteiger partial charge in [0.05, 0.1) is 11.0 Å². The van der Waals surface area contributed by atoms with Crippen molar-refractivity contribution < 1.29 is 9.31 Å². The van der Waals surface area contributed by atoms with Gasteiger partial charge >= 0.3 is 0 Å². The van der Waals surface area contributed by atoms with E-state index >= 15 is 0 Å².